The fourth-order valence-electron chi connectivity index (χ4n) is 1.78. The van der Waals surface area contributed by atoms with Crippen LogP contribution in [0.2, 0.25) is 0 Å². The summed E-state index contributed by atoms with van der Waals surface area (Å²) >= 11 is 0. The summed E-state index contributed by atoms with van der Waals surface area (Å²) in [5.41, 5.74) is 0.550. The number of hydrogen-bond donors (Lipinski definition) is 2. The van der Waals surface area contributed by atoms with Gasteiger partial charge in [-0.15, -0.1) is 0 Å². The number of aromatic hydroxyl groups is 2. The Morgan fingerprint density at radius 1 is 1.33 bits per heavy atom. The molecule has 1 aliphatic carbocycles. The van der Waals surface area contributed by atoms with Crippen LogP contribution in [0.1, 0.15) is 18.2 Å². The first-order valence-electron chi connectivity index (χ1n) is 5.44. The average Bonchev–Trinajstić information content (AvgIpc) is 3.01. The van der Waals surface area contributed by atoms with Crippen molar-refractivity contribution in [3.63, 3.8) is 0 Å². The highest BCUT2D eigenvalue weighted by molar-refractivity contribution is 5.60. The number of rotatable bonds is 2. The Balaban J connectivity index is 1.89. The Morgan fingerprint density at radius 3 is 2.83 bits per heavy atom. The molecule has 0 saturated heterocycles. The second-order valence-corrected chi connectivity index (χ2v) is 4.24. The number of nitriles is 1. The molecule has 2 unspecified atom stereocenters. The van der Waals surface area contributed by atoms with Crippen LogP contribution in [0, 0.1) is 17.2 Å². The summed E-state index contributed by atoms with van der Waals surface area (Å²) in [5.74, 6) is 0.343. The number of phenols is 2. The van der Waals surface area contributed by atoms with E-state index in [1.54, 1.807) is 6.07 Å². The zero-order valence-electron chi connectivity index (χ0n) is 9.24. The summed E-state index contributed by atoms with van der Waals surface area (Å²) in [6.07, 6.45) is 0.749. The predicted molar refractivity (Wildman–Crippen MR) is 59.5 cm³/mol. The molecule has 2 N–H and O–H groups in total. The largest absolute Gasteiger partial charge is 0.504 e. The maximum Gasteiger partial charge on any atom is 0.231 e. The molecule has 1 saturated carbocycles. The van der Waals surface area contributed by atoms with Crippen LogP contribution in [0.4, 0.5) is 0 Å². The van der Waals surface area contributed by atoms with Gasteiger partial charge in [0, 0.05) is 5.56 Å². The molecule has 0 aliphatic heterocycles. The molecule has 2 atom stereocenters. The molecule has 1 aromatic carbocycles. The predicted octanol–water partition coefficient (Wildman–Crippen LogP) is 1.77. The lowest BCUT2D eigenvalue weighted by Crippen LogP contribution is -1.83. The van der Waals surface area contributed by atoms with E-state index in [1.165, 1.54) is 12.1 Å². The molecule has 0 spiro atoms. The first kappa shape index (κ1) is 10.6. The highest BCUT2D eigenvalue weighted by Gasteiger charge is 2.43. The van der Waals surface area contributed by atoms with Gasteiger partial charge in [0.1, 0.15) is 0 Å². The van der Waals surface area contributed by atoms with Gasteiger partial charge in [0.25, 0.3) is 0 Å². The fraction of sp³-hybridized carbons (Fsp3) is 0.250. The molecule has 1 aromatic heterocycles. The van der Waals surface area contributed by atoms with E-state index in [-0.39, 0.29) is 23.3 Å². The molecule has 1 heterocycles. The highest BCUT2D eigenvalue weighted by Crippen LogP contribution is 2.46. The second kappa shape index (κ2) is 3.74. The van der Waals surface area contributed by atoms with Crippen LogP contribution < -0.4 is 0 Å². The second-order valence-electron chi connectivity index (χ2n) is 4.24. The van der Waals surface area contributed by atoms with Crippen molar-refractivity contribution in [2.24, 2.45) is 5.92 Å². The minimum Gasteiger partial charge on any atom is -0.504 e. The molecule has 0 radical (unpaired) electrons. The SMILES string of the molecule is N#CC1CC1c1nc(-c2ccc(O)c(O)c2)no1. The van der Waals surface area contributed by atoms with Gasteiger partial charge in [-0.3, -0.25) is 0 Å². The van der Waals surface area contributed by atoms with Gasteiger partial charge in [-0.1, -0.05) is 5.16 Å². The van der Waals surface area contributed by atoms with Crippen LogP contribution in [0.15, 0.2) is 22.7 Å². The lowest BCUT2D eigenvalue weighted by molar-refractivity contribution is 0.378. The quantitative estimate of drug-likeness (QED) is 0.779. The van der Waals surface area contributed by atoms with E-state index in [0.717, 1.165) is 6.42 Å². The van der Waals surface area contributed by atoms with Crippen molar-refractivity contribution in [1.82, 2.24) is 10.1 Å². The lowest BCUT2D eigenvalue weighted by Gasteiger charge is -1.98. The van der Waals surface area contributed by atoms with Crippen LogP contribution >= 0.6 is 0 Å². The lowest BCUT2D eigenvalue weighted by atomic mass is 10.2. The van der Waals surface area contributed by atoms with E-state index < -0.39 is 0 Å². The molecule has 2 aromatic rings. The Labute approximate surface area is 102 Å². The van der Waals surface area contributed by atoms with E-state index in [4.69, 9.17) is 9.78 Å². The zero-order valence-corrected chi connectivity index (χ0v) is 9.24. The van der Waals surface area contributed by atoms with Crippen LogP contribution in [-0.4, -0.2) is 20.4 Å². The van der Waals surface area contributed by atoms with E-state index in [9.17, 15) is 10.2 Å². The van der Waals surface area contributed by atoms with E-state index in [0.29, 0.717) is 17.3 Å². The fourth-order valence-corrected chi connectivity index (χ4v) is 1.78. The van der Waals surface area contributed by atoms with Crippen molar-refractivity contribution in [1.29, 1.82) is 5.26 Å². The van der Waals surface area contributed by atoms with Crippen molar-refractivity contribution >= 4 is 0 Å². The molecule has 6 heteroatoms. The molecular formula is C12H9N3O3. The molecule has 6 nitrogen and oxygen atoms in total. The van der Waals surface area contributed by atoms with Gasteiger partial charge in [-0.2, -0.15) is 10.2 Å². The van der Waals surface area contributed by atoms with Crippen LogP contribution in [0.3, 0.4) is 0 Å². The molecule has 1 aliphatic rings. The van der Waals surface area contributed by atoms with Crippen LogP contribution in [-0.2, 0) is 0 Å². The average molecular weight is 243 g/mol. The normalized spacial score (nSPS) is 21.5. The summed E-state index contributed by atoms with van der Waals surface area (Å²) in [6, 6.07) is 6.45. The van der Waals surface area contributed by atoms with Crippen LogP contribution in [0.5, 0.6) is 11.5 Å². The van der Waals surface area contributed by atoms with Gasteiger partial charge in [0.05, 0.1) is 17.9 Å². The summed E-state index contributed by atoms with van der Waals surface area (Å²) in [7, 11) is 0. The summed E-state index contributed by atoms with van der Waals surface area (Å²) in [5, 5.41) is 31.1. The summed E-state index contributed by atoms with van der Waals surface area (Å²) in [6.45, 7) is 0. The first-order chi connectivity index (χ1) is 8.69. The Bertz CT molecular complexity index is 644. The van der Waals surface area contributed by atoms with Crippen molar-refractivity contribution in [2.45, 2.75) is 12.3 Å². The number of aromatic nitrogens is 2. The number of nitrogens with zero attached hydrogens (tertiary/aromatic N) is 3. The van der Waals surface area contributed by atoms with Gasteiger partial charge < -0.3 is 14.7 Å². The number of benzene rings is 1. The zero-order chi connectivity index (χ0) is 12.7. The molecule has 0 amide bonds. The van der Waals surface area contributed by atoms with E-state index >= 15 is 0 Å². The number of phenolic OH excluding ortho intramolecular Hbond substituents is 2. The molecule has 90 valence electrons. The number of hydrogen-bond acceptors (Lipinski definition) is 6. The van der Waals surface area contributed by atoms with Crippen molar-refractivity contribution in [2.75, 3.05) is 0 Å². The third-order valence-electron chi connectivity index (χ3n) is 2.95. The summed E-state index contributed by atoms with van der Waals surface area (Å²) < 4.78 is 5.09. The first-order valence-corrected chi connectivity index (χ1v) is 5.44. The van der Waals surface area contributed by atoms with Crippen molar-refractivity contribution < 1.29 is 14.7 Å². The third-order valence-corrected chi connectivity index (χ3v) is 2.95. The Kier molecular flexibility index (Phi) is 2.20. The molecule has 0 bridgehead atoms. The molecule has 3 rings (SSSR count). The van der Waals surface area contributed by atoms with Gasteiger partial charge >= 0.3 is 0 Å². The molecular weight excluding hydrogens is 234 g/mol. The topological polar surface area (TPSA) is 103 Å². The highest BCUT2D eigenvalue weighted by atomic mass is 16.5. The van der Waals surface area contributed by atoms with Gasteiger partial charge in [-0.25, -0.2) is 0 Å². The Morgan fingerprint density at radius 2 is 2.17 bits per heavy atom. The minimum atomic E-state index is -0.236. The molecule has 18 heavy (non-hydrogen) atoms. The standard InChI is InChI=1S/C12H9N3O3/c13-5-7-3-8(7)12-14-11(15-18-12)6-1-2-9(16)10(17)4-6/h1-2,4,7-8,16-17H,3H2. The van der Waals surface area contributed by atoms with Gasteiger partial charge in [0.2, 0.25) is 11.7 Å². The smallest absolute Gasteiger partial charge is 0.231 e. The third kappa shape index (κ3) is 1.66. The summed E-state index contributed by atoms with van der Waals surface area (Å²) in [4.78, 5) is 4.19. The van der Waals surface area contributed by atoms with E-state index in [2.05, 4.69) is 16.2 Å². The minimum absolute atomic E-state index is 0.0296. The Hall–Kier alpha value is -2.55. The van der Waals surface area contributed by atoms with Crippen molar-refractivity contribution in [3.05, 3.63) is 24.1 Å². The van der Waals surface area contributed by atoms with E-state index in [1.807, 2.05) is 0 Å². The van der Waals surface area contributed by atoms with Crippen molar-refractivity contribution in [3.8, 4) is 29.0 Å². The van der Waals surface area contributed by atoms with Crippen LogP contribution in [0.25, 0.3) is 11.4 Å². The molecule has 1 fully saturated rings. The maximum atomic E-state index is 9.39. The van der Waals surface area contributed by atoms with Gasteiger partial charge in [0.15, 0.2) is 11.5 Å². The monoisotopic (exact) mass is 243 g/mol. The van der Waals surface area contributed by atoms with Gasteiger partial charge in [-0.05, 0) is 24.6 Å². The maximum absolute atomic E-state index is 9.39.